The standard InChI is InChI=1S/C14H23N3O3S/c1-4-11(9-15)14(18)16-12-5-7-13(8-6-12)21(19,20)17-10(2)3/h5-8,10-11,17H,4,9,15H2,1-3H3,(H,16,18). The largest absolute Gasteiger partial charge is 0.330 e. The van der Waals surface area contributed by atoms with E-state index < -0.39 is 10.0 Å². The van der Waals surface area contributed by atoms with Crippen molar-refractivity contribution in [2.24, 2.45) is 11.7 Å². The Morgan fingerprint density at radius 2 is 1.81 bits per heavy atom. The number of anilines is 1. The van der Waals surface area contributed by atoms with Gasteiger partial charge >= 0.3 is 0 Å². The highest BCUT2D eigenvalue weighted by Gasteiger charge is 2.17. The van der Waals surface area contributed by atoms with E-state index in [1.54, 1.807) is 26.0 Å². The molecule has 0 bridgehead atoms. The van der Waals surface area contributed by atoms with Crippen LogP contribution in [-0.4, -0.2) is 26.9 Å². The van der Waals surface area contributed by atoms with Gasteiger partial charge in [-0.3, -0.25) is 4.79 Å². The number of amides is 1. The van der Waals surface area contributed by atoms with E-state index in [0.29, 0.717) is 12.1 Å². The number of benzene rings is 1. The van der Waals surface area contributed by atoms with Crippen LogP contribution in [0.5, 0.6) is 0 Å². The minimum atomic E-state index is -3.51. The molecule has 0 spiro atoms. The molecule has 0 aromatic heterocycles. The van der Waals surface area contributed by atoms with Crippen molar-refractivity contribution in [3.05, 3.63) is 24.3 Å². The summed E-state index contributed by atoms with van der Waals surface area (Å²) >= 11 is 0. The number of hydrogen-bond acceptors (Lipinski definition) is 4. The maximum atomic E-state index is 12.0. The predicted molar refractivity (Wildman–Crippen MR) is 83.4 cm³/mol. The van der Waals surface area contributed by atoms with Crippen LogP contribution in [0.2, 0.25) is 0 Å². The average Bonchev–Trinajstić information content (AvgIpc) is 2.39. The van der Waals surface area contributed by atoms with E-state index in [1.807, 2.05) is 6.92 Å². The Labute approximate surface area is 126 Å². The maximum Gasteiger partial charge on any atom is 0.240 e. The first-order valence-electron chi connectivity index (χ1n) is 6.93. The first kappa shape index (κ1) is 17.6. The molecule has 1 atom stereocenters. The number of nitrogens with one attached hydrogen (secondary N) is 2. The monoisotopic (exact) mass is 313 g/mol. The fourth-order valence-corrected chi connectivity index (χ4v) is 3.05. The Balaban J connectivity index is 2.81. The molecule has 4 N–H and O–H groups in total. The predicted octanol–water partition coefficient (Wildman–Crippen LogP) is 1.30. The molecule has 1 rings (SSSR count). The number of carbonyl (C=O) groups excluding carboxylic acids is 1. The summed E-state index contributed by atoms with van der Waals surface area (Å²) in [6, 6.07) is 5.88. The van der Waals surface area contributed by atoms with Gasteiger partial charge in [0, 0.05) is 18.3 Å². The van der Waals surface area contributed by atoms with E-state index >= 15 is 0 Å². The number of carbonyl (C=O) groups is 1. The molecule has 0 radical (unpaired) electrons. The Morgan fingerprint density at radius 3 is 2.24 bits per heavy atom. The van der Waals surface area contributed by atoms with Gasteiger partial charge in [0.2, 0.25) is 15.9 Å². The fraction of sp³-hybridized carbons (Fsp3) is 0.500. The lowest BCUT2D eigenvalue weighted by molar-refractivity contribution is -0.119. The summed E-state index contributed by atoms with van der Waals surface area (Å²) in [6.45, 7) is 5.69. The van der Waals surface area contributed by atoms with Crippen LogP contribution in [0, 0.1) is 5.92 Å². The van der Waals surface area contributed by atoms with Crippen molar-refractivity contribution in [3.8, 4) is 0 Å². The van der Waals surface area contributed by atoms with Gasteiger partial charge in [-0.2, -0.15) is 0 Å². The highest BCUT2D eigenvalue weighted by Crippen LogP contribution is 2.15. The lowest BCUT2D eigenvalue weighted by atomic mass is 10.1. The molecule has 21 heavy (non-hydrogen) atoms. The van der Waals surface area contributed by atoms with Gasteiger partial charge in [0.15, 0.2) is 0 Å². The van der Waals surface area contributed by atoms with Crippen LogP contribution in [0.3, 0.4) is 0 Å². The first-order valence-corrected chi connectivity index (χ1v) is 8.41. The Morgan fingerprint density at radius 1 is 1.24 bits per heavy atom. The van der Waals surface area contributed by atoms with Gasteiger partial charge in [-0.25, -0.2) is 13.1 Å². The summed E-state index contributed by atoms with van der Waals surface area (Å²) in [5.74, 6) is -0.396. The zero-order chi connectivity index (χ0) is 16.0. The van der Waals surface area contributed by atoms with E-state index in [-0.39, 0.29) is 29.3 Å². The SMILES string of the molecule is CCC(CN)C(=O)Nc1ccc(S(=O)(=O)NC(C)C)cc1. The van der Waals surface area contributed by atoms with Crippen molar-refractivity contribution in [3.63, 3.8) is 0 Å². The van der Waals surface area contributed by atoms with Crippen molar-refractivity contribution in [2.45, 2.75) is 38.1 Å². The smallest absolute Gasteiger partial charge is 0.240 e. The molecule has 6 nitrogen and oxygen atoms in total. The van der Waals surface area contributed by atoms with Gasteiger partial charge in [0.05, 0.1) is 10.8 Å². The summed E-state index contributed by atoms with van der Waals surface area (Å²) in [5, 5.41) is 2.73. The molecular weight excluding hydrogens is 290 g/mol. The van der Waals surface area contributed by atoms with Gasteiger partial charge < -0.3 is 11.1 Å². The molecule has 0 fully saturated rings. The van der Waals surface area contributed by atoms with E-state index in [2.05, 4.69) is 10.0 Å². The Hall–Kier alpha value is -1.44. The van der Waals surface area contributed by atoms with Crippen molar-refractivity contribution in [1.82, 2.24) is 4.72 Å². The van der Waals surface area contributed by atoms with Crippen LogP contribution in [0.25, 0.3) is 0 Å². The molecule has 0 aliphatic rings. The van der Waals surface area contributed by atoms with Crippen LogP contribution < -0.4 is 15.8 Å². The second-order valence-electron chi connectivity index (χ2n) is 5.13. The second-order valence-corrected chi connectivity index (χ2v) is 6.84. The zero-order valence-electron chi connectivity index (χ0n) is 12.6. The Kier molecular flexibility index (Phi) is 6.32. The van der Waals surface area contributed by atoms with E-state index in [1.165, 1.54) is 12.1 Å². The summed E-state index contributed by atoms with van der Waals surface area (Å²) < 4.78 is 26.4. The third kappa shape index (κ3) is 5.11. The van der Waals surface area contributed by atoms with Gasteiger partial charge in [-0.1, -0.05) is 6.92 Å². The zero-order valence-corrected chi connectivity index (χ0v) is 13.4. The molecule has 0 aliphatic carbocycles. The van der Waals surface area contributed by atoms with Gasteiger partial charge in [-0.05, 0) is 44.5 Å². The van der Waals surface area contributed by atoms with Crippen molar-refractivity contribution in [2.75, 3.05) is 11.9 Å². The number of sulfonamides is 1. The topological polar surface area (TPSA) is 101 Å². The minimum Gasteiger partial charge on any atom is -0.330 e. The number of hydrogen-bond donors (Lipinski definition) is 3. The summed E-state index contributed by atoms with van der Waals surface area (Å²) in [4.78, 5) is 12.0. The van der Waals surface area contributed by atoms with Crippen LogP contribution >= 0.6 is 0 Å². The number of rotatable bonds is 7. The highest BCUT2D eigenvalue weighted by molar-refractivity contribution is 7.89. The summed E-state index contributed by atoms with van der Waals surface area (Å²) in [7, 11) is -3.51. The molecule has 1 aromatic rings. The van der Waals surface area contributed by atoms with E-state index in [9.17, 15) is 13.2 Å². The van der Waals surface area contributed by atoms with E-state index in [4.69, 9.17) is 5.73 Å². The normalized spacial score (nSPS) is 13.2. The molecule has 0 aliphatic heterocycles. The lowest BCUT2D eigenvalue weighted by Crippen LogP contribution is -2.30. The molecule has 1 amide bonds. The third-order valence-corrected chi connectivity index (χ3v) is 4.65. The van der Waals surface area contributed by atoms with Crippen LogP contribution in [0.1, 0.15) is 27.2 Å². The van der Waals surface area contributed by atoms with Crippen LogP contribution in [0.15, 0.2) is 29.2 Å². The van der Waals surface area contributed by atoms with Gasteiger partial charge in [0.25, 0.3) is 0 Å². The maximum absolute atomic E-state index is 12.0. The summed E-state index contributed by atoms with van der Waals surface area (Å²) in [5.41, 5.74) is 6.07. The van der Waals surface area contributed by atoms with Crippen molar-refractivity contribution < 1.29 is 13.2 Å². The molecule has 118 valence electrons. The van der Waals surface area contributed by atoms with Crippen molar-refractivity contribution in [1.29, 1.82) is 0 Å². The highest BCUT2D eigenvalue weighted by atomic mass is 32.2. The molecule has 7 heteroatoms. The molecular formula is C14H23N3O3S. The minimum absolute atomic E-state index is 0.157. The Bertz CT molecular complexity index is 564. The second kappa shape index (κ2) is 7.53. The summed E-state index contributed by atoms with van der Waals surface area (Å²) in [6.07, 6.45) is 0.660. The van der Waals surface area contributed by atoms with Gasteiger partial charge in [0.1, 0.15) is 0 Å². The lowest BCUT2D eigenvalue weighted by Gasteiger charge is -2.13. The van der Waals surface area contributed by atoms with Crippen molar-refractivity contribution >= 4 is 21.6 Å². The van der Waals surface area contributed by atoms with Crippen LogP contribution in [0.4, 0.5) is 5.69 Å². The molecule has 0 saturated carbocycles. The quantitative estimate of drug-likeness (QED) is 0.706. The van der Waals surface area contributed by atoms with Gasteiger partial charge in [-0.15, -0.1) is 0 Å². The number of nitrogens with two attached hydrogens (primary N) is 1. The molecule has 0 saturated heterocycles. The average molecular weight is 313 g/mol. The van der Waals surface area contributed by atoms with Crippen LogP contribution in [-0.2, 0) is 14.8 Å². The first-order chi connectivity index (χ1) is 9.80. The van der Waals surface area contributed by atoms with E-state index in [0.717, 1.165) is 0 Å². The third-order valence-electron chi connectivity index (χ3n) is 2.97. The molecule has 0 heterocycles. The molecule has 1 unspecified atom stereocenters. The fourth-order valence-electron chi connectivity index (χ4n) is 1.80. The molecule has 1 aromatic carbocycles.